The van der Waals surface area contributed by atoms with Gasteiger partial charge in [0.05, 0.1) is 6.04 Å². The Kier molecular flexibility index (Phi) is 4.34. The van der Waals surface area contributed by atoms with Crippen LogP contribution in [-0.4, -0.2) is 21.7 Å². The van der Waals surface area contributed by atoms with Gasteiger partial charge in [0.2, 0.25) is 0 Å². The molecular weight excluding hydrogens is 200 g/mol. The summed E-state index contributed by atoms with van der Waals surface area (Å²) in [6, 6.07) is 0.283. The van der Waals surface area contributed by atoms with E-state index in [1.54, 1.807) is 6.33 Å². The first-order valence-electron chi connectivity index (χ1n) is 6.45. The van der Waals surface area contributed by atoms with Gasteiger partial charge in [-0.05, 0) is 32.2 Å². The third-order valence-electron chi connectivity index (χ3n) is 3.53. The molecule has 1 aliphatic carbocycles. The highest BCUT2D eigenvalue weighted by molar-refractivity contribution is 4.88. The van der Waals surface area contributed by atoms with Gasteiger partial charge in [-0.1, -0.05) is 25.7 Å². The number of rotatable bonds is 4. The summed E-state index contributed by atoms with van der Waals surface area (Å²) in [5, 5.41) is 10.3. The predicted octanol–water partition coefficient (Wildman–Crippen LogP) is 2.43. The van der Waals surface area contributed by atoms with Gasteiger partial charge in [-0.25, -0.2) is 4.98 Å². The monoisotopic (exact) mass is 222 g/mol. The maximum absolute atomic E-state index is 4.17. The van der Waals surface area contributed by atoms with Gasteiger partial charge < -0.3 is 5.32 Å². The molecule has 1 heterocycles. The lowest BCUT2D eigenvalue weighted by atomic mass is 10.0. The fourth-order valence-electron chi connectivity index (χ4n) is 2.43. The molecule has 0 aromatic carbocycles. The predicted molar refractivity (Wildman–Crippen MR) is 64.0 cm³/mol. The number of hydrogen-bond acceptors (Lipinski definition) is 3. The zero-order valence-corrected chi connectivity index (χ0v) is 10.1. The number of nitrogens with one attached hydrogen (secondary N) is 2. The molecule has 0 amide bonds. The van der Waals surface area contributed by atoms with Crippen molar-refractivity contribution in [1.29, 1.82) is 0 Å². The van der Waals surface area contributed by atoms with Crippen LogP contribution in [0.15, 0.2) is 6.33 Å². The molecule has 1 saturated carbocycles. The van der Waals surface area contributed by atoms with Crippen LogP contribution in [0.5, 0.6) is 0 Å². The number of H-pyrrole nitrogens is 1. The fraction of sp³-hybridized carbons (Fsp3) is 0.833. The molecule has 2 N–H and O–H groups in total. The molecule has 0 radical (unpaired) electrons. The molecule has 0 bridgehead atoms. The molecule has 4 heteroatoms. The van der Waals surface area contributed by atoms with Crippen molar-refractivity contribution in [3.05, 3.63) is 12.2 Å². The van der Waals surface area contributed by atoms with Crippen molar-refractivity contribution in [3.63, 3.8) is 0 Å². The van der Waals surface area contributed by atoms with E-state index < -0.39 is 0 Å². The van der Waals surface area contributed by atoms with E-state index in [9.17, 15) is 0 Å². The molecule has 2 rings (SSSR count). The van der Waals surface area contributed by atoms with E-state index in [2.05, 4.69) is 27.4 Å². The van der Waals surface area contributed by atoms with Crippen molar-refractivity contribution in [3.8, 4) is 0 Å². The molecule has 1 aliphatic rings. The maximum Gasteiger partial charge on any atom is 0.141 e. The Morgan fingerprint density at radius 2 is 2.12 bits per heavy atom. The normalized spacial score (nSPS) is 20.6. The highest BCUT2D eigenvalue weighted by Gasteiger charge is 2.14. The highest BCUT2D eigenvalue weighted by atomic mass is 15.2. The van der Waals surface area contributed by atoms with Gasteiger partial charge in [0.1, 0.15) is 12.2 Å². The van der Waals surface area contributed by atoms with Crippen molar-refractivity contribution in [2.45, 2.75) is 51.5 Å². The van der Waals surface area contributed by atoms with Crippen LogP contribution < -0.4 is 5.32 Å². The lowest BCUT2D eigenvalue weighted by molar-refractivity contribution is 0.398. The minimum Gasteiger partial charge on any atom is -0.307 e. The van der Waals surface area contributed by atoms with E-state index >= 15 is 0 Å². The van der Waals surface area contributed by atoms with E-state index in [4.69, 9.17) is 0 Å². The second-order valence-corrected chi connectivity index (χ2v) is 4.86. The van der Waals surface area contributed by atoms with Crippen LogP contribution >= 0.6 is 0 Å². The second-order valence-electron chi connectivity index (χ2n) is 4.86. The van der Waals surface area contributed by atoms with Gasteiger partial charge in [-0.2, -0.15) is 5.10 Å². The number of nitrogens with zero attached hydrogens (tertiary/aromatic N) is 2. The van der Waals surface area contributed by atoms with Crippen LogP contribution in [0.1, 0.15) is 57.3 Å². The van der Waals surface area contributed by atoms with E-state index in [-0.39, 0.29) is 6.04 Å². The number of aromatic nitrogens is 3. The van der Waals surface area contributed by atoms with Crippen molar-refractivity contribution in [2.75, 3.05) is 6.54 Å². The van der Waals surface area contributed by atoms with E-state index in [1.165, 1.54) is 38.5 Å². The Morgan fingerprint density at radius 1 is 1.38 bits per heavy atom. The summed E-state index contributed by atoms with van der Waals surface area (Å²) in [6.07, 6.45) is 10.00. The molecule has 0 saturated heterocycles. The number of hydrogen-bond donors (Lipinski definition) is 2. The van der Waals surface area contributed by atoms with Crippen molar-refractivity contribution < 1.29 is 0 Å². The van der Waals surface area contributed by atoms with Crippen LogP contribution in [0.4, 0.5) is 0 Å². The lowest BCUT2D eigenvalue weighted by Crippen LogP contribution is -2.26. The minimum atomic E-state index is 0.283. The molecule has 90 valence electrons. The molecule has 16 heavy (non-hydrogen) atoms. The minimum absolute atomic E-state index is 0.283. The summed E-state index contributed by atoms with van der Waals surface area (Å²) in [6.45, 7) is 3.25. The quantitative estimate of drug-likeness (QED) is 0.769. The SMILES string of the molecule is CC(NCC1CCCCCC1)c1ncn[nH]1. The molecule has 1 aromatic heterocycles. The van der Waals surface area contributed by atoms with E-state index in [0.29, 0.717) is 0 Å². The fourth-order valence-corrected chi connectivity index (χ4v) is 2.43. The standard InChI is InChI=1S/C12H22N4/c1-10(12-14-9-15-16-12)13-8-11-6-4-2-3-5-7-11/h9-11,13H,2-8H2,1H3,(H,14,15,16). The van der Waals surface area contributed by atoms with Gasteiger partial charge in [0.15, 0.2) is 0 Å². The molecule has 4 nitrogen and oxygen atoms in total. The third kappa shape index (κ3) is 3.30. The average Bonchev–Trinajstić information content (AvgIpc) is 2.71. The summed E-state index contributed by atoms with van der Waals surface area (Å²) in [7, 11) is 0. The van der Waals surface area contributed by atoms with Crippen molar-refractivity contribution in [2.24, 2.45) is 5.92 Å². The van der Waals surface area contributed by atoms with Crippen LogP contribution in [0, 0.1) is 5.92 Å². The average molecular weight is 222 g/mol. The summed E-state index contributed by atoms with van der Waals surface area (Å²) in [5.74, 6) is 1.79. The topological polar surface area (TPSA) is 53.6 Å². The highest BCUT2D eigenvalue weighted by Crippen LogP contribution is 2.22. The van der Waals surface area contributed by atoms with Gasteiger partial charge >= 0.3 is 0 Å². The first kappa shape index (κ1) is 11.6. The van der Waals surface area contributed by atoms with Gasteiger partial charge in [-0.3, -0.25) is 5.10 Å². The summed E-state index contributed by atoms with van der Waals surface area (Å²) >= 11 is 0. The Hall–Kier alpha value is -0.900. The zero-order valence-electron chi connectivity index (χ0n) is 10.1. The molecule has 1 fully saturated rings. The van der Waals surface area contributed by atoms with Crippen LogP contribution in [0.2, 0.25) is 0 Å². The van der Waals surface area contributed by atoms with Crippen LogP contribution in [-0.2, 0) is 0 Å². The third-order valence-corrected chi connectivity index (χ3v) is 3.53. The molecule has 1 unspecified atom stereocenters. The summed E-state index contributed by atoms with van der Waals surface area (Å²) < 4.78 is 0. The van der Waals surface area contributed by atoms with E-state index in [1.807, 2.05) is 0 Å². The summed E-state index contributed by atoms with van der Waals surface area (Å²) in [4.78, 5) is 4.17. The maximum atomic E-state index is 4.17. The zero-order chi connectivity index (χ0) is 11.2. The Bertz CT molecular complexity index is 275. The van der Waals surface area contributed by atoms with Gasteiger partial charge in [-0.15, -0.1) is 0 Å². The molecule has 1 atom stereocenters. The van der Waals surface area contributed by atoms with Crippen LogP contribution in [0.3, 0.4) is 0 Å². The Labute approximate surface area is 97.2 Å². The van der Waals surface area contributed by atoms with Gasteiger partial charge in [0, 0.05) is 0 Å². The Balaban J connectivity index is 1.73. The number of aromatic amines is 1. The molecular formula is C12H22N4. The van der Waals surface area contributed by atoms with E-state index in [0.717, 1.165) is 18.3 Å². The molecule has 0 aliphatic heterocycles. The van der Waals surface area contributed by atoms with Gasteiger partial charge in [0.25, 0.3) is 0 Å². The molecule has 1 aromatic rings. The largest absolute Gasteiger partial charge is 0.307 e. The lowest BCUT2D eigenvalue weighted by Gasteiger charge is -2.17. The molecule has 0 spiro atoms. The first-order chi connectivity index (χ1) is 7.86. The smallest absolute Gasteiger partial charge is 0.141 e. The second kappa shape index (κ2) is 5.99. The first-order valence-corrected chi connectivity index (χ1v) is 6.45. The Morgan fingerprint density at radius 3 is 2.75 bits per heavy atom. The van der Waals surface area contributed by atoms with Crippen molar-refractivity contribution in [1.82, 2.24) is 20.5 Å². The summed E-state index contributed by atoms with van der Waals surface area (Å²) in [5.41, 5.74) is 0. The van der Waals surface area contributed by atoms with Crippen molar-refractivity contribution >= 4 is 0 Å². The van der Waals surface area contributed by atoms with Crippen LogP contribution in [0.25, 0.3) is 0 Å².